The molecule has 5 heteroatoms. The van der Waals surface area contributed by atoms with Gasteiger partial charge >= 0.3 is 0 Å². The van der Waals surface area contributed by atoms with Gasteiger partial charge in [-0.25, -0.2) is 0 Å². The zero-order chi connectivity index (χ0) is 33.2. The minimum atomic E-state index is -0.480. The third-order valence-corrected chi connectivity index (χ3v) is 9.92. The number of nitrogens with one attached hydrogen (secondary N) is 2. The van der Waals surface area contributed by atoms with Gasteiger partial charge in [0.1, 0.15) is 0 Å². The molecule has 0 aliphatic carbocycles. The Morgan fingerprint density at radius 3 is 1.52 bits per heavy atom. The molecule has 238 valence electrons. The second-order valence-electron chi connectivity index (χ2n) is 11.8. The summed E-state index contributed by atoms with van der Waals surface area (Å²) in [6, 6.07) is 57.6. The van der Waals surface area contributed by atoms with Gasteiger partial charge in [-0.05, 0) is 52.4 Å². The Bertz CT molecular complexity index is 1820. The van der Waals surface area contributed by atoms with Crippen LogP contribution in [0.25, 0.3) is 0 Å². The topological polar surface area (TPSA) is 58.2 Å². The lowest BCUT2D eigenvalue weighted by atomic mass is 9.84. The summed E-state index contributed by atoms with van der Waals surface area (Å²) in [5.74, 6) is -0.451. The summed E-state index contributed by atoms with van der Waals surface area (Å²) in [6.07, 6.45) is 0.180. The highest BCUT2D eigenvalue weighted by molar-refractivity contribution is 8.00. The van der Waals surface area contributed by atoms with Crippen LogP contribution in [0.4, 0.5) is 0 Å². The predicted octanol–water partition coefficient (Wildman–Crippen LogP) is 8.64. The van der Waals surface area contributed by atoms with Crippen LogP contribution in [0, 0.1) is 6.92 Å². The van der Waals surface area contributed by atoms with Gasteiger partial charge in [0.25, 0.3) is 0 Å². The first kappa shape index (κ1) is 32.5. The van der Waals surface area contributed by atoms with Crippen molar-refractivity contribution in [1.82, 2.24) is 10.6 Å². The Kier molecular flexibility index (Phi) is 10.5. The number of hydrogen-bond donors (Lipinski definition) is 2. The Morgan fingerprint density at radius 1 is 0.562 bits per heavy atom. The van der Waals surface area contributed by atoms with E-state index in [4.69, 9.17) is 0 Å². The molecule has 0 aliphatic heterocycles. The Labute approximate surface area is 287 Å². The highest BCUT2D eigenvalue weighted by Gasteiger charge is 2.37. The summed E-state index contributed by atoms with van der Waals surface area (Å²) in [4.78, 5) is 27.1. The maximum Gasteiger partial charge on any atom is 0.240 e. The molecule has 0 saturated heterocycles. The lowest BCUT2D eigenvalue weighted by Gasteiger charge is -2.35. The average Bonchev–Trinajstić information content (AvgIpc) is 3.14. The number of amides is 2. The van der Waals surface area contributed by atoms with Crippen LogP contribution in [0.1, 0.15) is 45.0 Å². The fraction of sp³-hybridized carbons (Fsp3) is 0.116. The molecule has 0 fully saturated rings. The lowest BCUT2D eigenvalue weighted by Crippen LogP contribution is -2.39. The molecule has 1 unspecified atom stereocenters. The molecule has 1 atom stereocenters. The quantitative estimate of drug-likeness (QED) is 0.103. The van der Waals surface area contributed by atoms with E-state index in [9.17, 15) is 9.59 Å². The molecule has 0 aromatic heterocycles. The van der Waals surface area contributed by atoms with Crippen molar-refractivity contribution in [2.24, 2.45) is 0 Å². The van der Waals surface area contributed by atoms with Gasteiger partial charge in [-0.3, -0.25) is 9.59 Å². The number of carbonyl (C=O) groups excluding carboxylic acids is 2. The zero-order valence-corrected chi connectivity index (χ0v) is 27.7. The molecular formula is C43H38N2O2S. The van der Waals surface area contributed by atoms with Crippen LogP contribution in [0.2, 0.25) is 0 Å². The van der Waals surface area contributed by atoms with Crippen LogP contribution in [-0.4, -0.2) is 18.4 Å². The molecule has 6 aromatic carbocycles. The first-order valence-corrected chi connectivity index (χ1v) is 16.9. The highest BCUT2D eigenvalue weighted by Crippen LogP contribution is 2.51. The highest BCUT2D eigenvalue weighted by atomic mass is 32.2. The van der Waals surface area contributed by atoms with Crippen molar-refractivity contribution in [2.75, 3.05) is 6.54 Å². The van der Waals surface area contributed by atoms with Crippen LogP contribution in [-0.2, 0) is 20.8 Å². The molecule has 0 aliphatic rings. The van der Waals surface area contributed by atoms with Crippen molar-refractivity contribution in [3.8, 4) is 0 Å². The van der Waals surface area contributed by atoms with E-state index in [-0.39, 0.29) is 30.8 Å². The molecule has 2 amide bonds. The number of carbonyl (C=O) groups is 2. The summed E-state index contributed by atoms with van der Waals surface area (Å²) < 4.78 is -0.480. The largest absolute Gasteiger partial charge is 0.347 e. The molecular weight excluding hydrogens is 609 g/mol. The van der Waals surface area contributed by atoms with E-state index in [0.717, 1.165) is 27.1 Å². The second kappa shape index (κ2) is 15.5. The van der Waals surface area contributed by atoms with Crippen LogP contribution < -0.4 is 10.6 Å². The van der Waals surface area contributed by atoms with Crippen molar-refractivity contribution >= 4 is 23.6 Å². The maximum absolute atomic E-state index is 13.0. The van der Waals surface area contributed by atoms with E-state index in [1.807, 2.05) is 91.9 Å². The summed E-state index contributed by atoms with van der Waals surface area (Å²) in [7, 11) is 0. The number of aryl methyl sites for hydroxylation is 1. The lowest BCUT2D eigenvalue weighted by molar-refractivity contribution is -0.126. The van der Waals surface area contributed by atoms with E-state index in [1.165, 1.54) is 16.7 Å². The first-order valence-electron chi connectivity index (χ1n) is 16.1. The van der Waals surface area contributed by atoms with Gasteiger partial charge in [0, 0.05) is 4.90 Å². The fourth-order valence-electron chi connectivity index (χ4n) is 5.95. The van der Waals surface area contributed by atoms with E-state index < -0.39 is 4.75 Å². The molecule has 0 heterocycles. The summed E-state index contributed by atoms with van der Waals surface area (Å²) in [5.41, 5.74) is 7.56. The monoisotopic (exact) mass is 646 g/mol. The van der Waals surface area contributed by atoms with Gasteiger partial charge in [-0.15, -0.1) is 11.8 Å². The maximum atomic E-state index is 13.0. The van der Waals surface area contributed by atoms with Crippen molar-refractivity contribution in [3.63, 3.8) is 0 Å². The molecule has 2 N–H and O–H groups in total. The molecule has 4 nitrogen and oxygen atoms in total. The predicted molar refractivity (Wildman–Crippen MR) is 196 cm³/mol. The van der Waals surface area contributed by atoms with Gasteiger partial charge in [0.15, 0.2) is 0 Å². The molecule has 0 saturated carbocycles. The van der Waals surface area contributed by atoms with Crippen LogP contribution in [0.15, 0.2) is 175 Å². The molecule has 0 spiro atoms. The van der Waals surface area contributed by atoms with Gasteiger partial charge in [0.2, 0.25) is 11.8 Å². The Morgan fingerprint density at radius 2 is 1.02 bits per heavy atom. The summed E-state index contributed by atoms with van der Waals surface area (Å²) in [5, 5.41) is 5.91. The number of hydrogen-bond acceptors (Lipinski definition) is 3. The van der Waals surface area contributed by atoms with Gasteiger partial charge < -0.3 is 10.6 Å². The standard InChI is InChI=1S/C43H38N2O2S/c1-32-22-26-35(27-23-32)42(34-14-6-2-7-15-34)45-41(47)31-44-40(46)30-33-24-28-39(29-25-33)48-43(36-16-8-3-9-17-36,37-18-10-4-11-19-37)38-20-12-5-13-21-38/h2-29,42H,30-31H2,1H3,(H,44,46)(H,45,47). The second-order valence-corrected chi connectivity index (χ2v) is 13.1. The minimum Gasteiger partial charge on any atom is -0.347 e. The number of rotatable bonds is 12. The summed E-state index contributed by atoms with van der Waals surface area (Å²) in [6.45, 7) is 1.94. The van der Waals surface area contributed by atoms with E-state index in [0.29, 0.717) is 0 Å². The van der Waals surface area contributed by atoms with Gasteiger partial charge in [0.05, 0.1) is 23.8 Å². The Balaban J connectivity index is 1.14. The smallest absolute Gasteiger partial charge is 0.240 e. The Hall–Kier alpha value is -5.39. The average molecular weight is 647 g/mol. The number of benzene rings is 6. The van der Waals surface area contributed by atoms with Crippen molar-refractivity contribution in [3.05, 3.63) is 209 Å². The van der Waals surface area contributed by atoms with Gasteiger partial charge in [-0.2, -0.15) is 0 Å². The van der Waals surface area contributed by atoms with Crippen molar-refractivity contribution in [2.45, 2.75) is 29.0 Å². The van der Waals surface area contributed by atoms with Gasteiger partial charge in [-0.1, -0.05) is 163 Å². The van der Waals surface area contributed by atoms with E-state index >= 15 is 0 Å². The molecule has 6 aromatic rings. The van der Waals surface area contributed by atoms with E-state index in [2.05, 4.69) is 95.6 Å². The SMILES string of the molecule is Cc1ccc(C(NC(=O)CNC(=O)Cc2ccc(SC(c3ccccc3)(c3ccccc3)c3ccccc3)cc2)c2ccccc2)cc1. The molecule has 0 bridgehead atoms. The summed E-state index contributed by atoms with van der Waals surface area (Å²) >= 11 is 1.79. The van der Waals surface area contributed by atoms with Crippen LogP contribution in [0.5, 0.6) is 0 Å². The minimum absolute atomic E-state index is 0.101. The van der Waals surface area contributed by atoms with Crippen LogP contribution in [0.3, 0.4) is 0 Å². The van der Waals surface area contributed by atoms with Crippen LogP contribution >= 0.6 is 11.8 Å². The third kappa shape index (κ3) is 7.76. The zero-order valence-electron chi connectivity index (χ0n) is 26.9. The van der Waals surface area contributed by atoms with Crippen molar-refractivity contribution in [1.29, 1.82) is 0 Å². The molecule has 48 heavy (non-hydrogen) atoms. The van der Waals surface area contributed by atoms with E-state index in [1.54, 1.807) is 11.8 Å². The molecule has 6 rings (SSSR count). The third-order valence-electron chi connectivity index (χ3n) is 8.39. The number of thioether (sulfide) groups is 1. The normalized spacial score (nSPS) is 11.8. The fourth-order valence-corrected chi connectivity index (χ4v) is 7.34. The van der Waals surface area contributed by atoms with Crippen molar-refractivity contribution < 1.29 is 9.59 Å². The first-order chi connectivity index (χ1) is 23.5. The molecule has 0 radical (unpaired) electrons.